The largest absolute Gasteiger partial charge is 0.454 e. The summed E-state index contributed by atoms with van der Waals surface area (Å²) >= 11 is 0. The molecule has 3 saturated heterocycles. The van der Waals surface area contributed by atoms with Crippen LogP contribution in [0.2, 0.25) is 0 Å². The molecule has 1 N–H and O–H groups in total. The van der Waals surface area contributed by atoms with Crippen molar-refractivity contribution < 1.29 is 23.5 Å². The normalized spacial score (nSPS) is 22.3. The van der Waals surface area contributed by atoms with Crippen molar-refractivity contribution in [2.45, 2.75) is 18.9 Å². The molecule has 4 heterocycles. The van der Waals surface area contributed by atoms with Gasteiger partial charge in [-0.25, -0.2) is 4.39 Å². The minimum Gasteiger partial charge on any atom is -0.454 e. The van der Waals surface area contributed by atoms with E-state index in [0.717, 1.165) is 19.4 Å². The Balaban J connectivity index is 1.34. The van der Waals surface area contributed by atoms with Crippen LogP contribution in [0.15, 0.2) is 36.4 Å². The van der Waals surface area contributed by atoms with Crippen LogP contribution in [0.25, 0.3) is 0 Å². The predicted octanol–water partition coefficient (Wildman–Crippen LogP) is 2.97. The van der Waals surface area contributed by atoms with Crippen LogP contribution in [0, 0.1) is 11.7 Å². The van der Waals surface area contributed by atoms with Crippen molar-refractivity contribution in [3.63, 3.8) is 0 Å². The Hall–Kier alpha value is -3.13. The van der Waals surface area contributed by atoms with Crippen LogP contribution in [-0.4, -0.2) is 61.1 Å². The third kappa shape index (κ3) is 3.95. The highest BCUT2D eigenvalue weighted by Crippen LogP contribution is 2.33. The van der Waals surface area contributed by atoms with Crippen LogP contribution in [0.1, 0.15) is 33.6 Å². The minimum atomic E-state index is -0.568. The van der Waals surface area contributed by atoms with Crippen LogP contribution < -0.4 is 14.8 Å². The lowest BCUT2D eigenvalue weighted by molar-refractivity contribution is 0.0742. The van der Waals surface area contributed by atoms with E-state index in [1.807, 2.05) is 4.90 Å². The number of nitrogens with zero attached hydrogens (tertiary/aromatic N) is 2. The van der Waals surface area contributed by atoms with Gasteiger partial charge in [0.2, 0.25) is 6.79 Å². The Kier molecular flexibility index (Phi) is 5.02. The van der Waals surface area contributed by atoms with Gasteiger partial charge in [-0.2, -0.15) is 0 Å². The lowest BCUT2D eigenvalue weighted by Gasteiger charge is -2.32. The maximum Gasteiger partial charge on any atom is 0.255 e. The number of rotatable bonds is 3. The topological polar surface area (TPSA) is 71.1 Å². The van der Waals surface area contributed by atoms with Gasteiger partial charge in [0.05, 0.1) is 0 Å². The highest BCUT2D eigenvalue weighted by molar-refractivity contribution is 6.05. The molecule has 7 nitrogen and oxygen atoms in total. The Morgan fingerprint density at radius 1 is 1.00 bits per heavy atom. The van der Waals surface area contributed by atoms with E-state index in [0.29, 0.717) is 42.1 Å². The van der Waals surface area contributed by atoms with E-state index in [-0.39, 0.29) is 24.0 Å². The van der Waals surface area contributed by atoms with E-state index in [1.54, 1.807) is 18.2 Å². The first kappa shape index (κ1) is 19.8. The van der Waals surface area contributed by atoms with Gasteiger partial charge in [0.25, 0.3) is 11.8 Å². The number of benzene rings is 2. The molecule has 0 saturated carbocycles. The molecule has 4 aliphatic rings. The van der Waals surface area contributed by atoms with Crippen molar-refractivity contribution in [2.24, 2.45) is 5.92 Å². The predicted molar refractivity (Wildman–Crippen MR) is 112 cm³/mol. The highest BCUT2D eigenvalue weighted by Gasteiger charge is 2.35. The SMILES string of the molecule is CN1C[C@@H]2CC[C@H]1CN(C(=O)c1cc(F)cc(NC(=O)c3ccc4c(c3)OCO4)c1)C2. The van der Waals surface area contributed by atoms with Gasteiger partial charge in [0, 0.05) is 42.5 Å². The summed E-state index contributed by atoms with van der Waals surface area (Å²) < 4.78 is 24.9. The molecule has 2 amide bonds. The summed E-state index contributed by atoms with van der Waals surface area (Å²) in [5, 5.41) is 2.68. The fraction of sp³-hybridized carbons (Fsp3) is 0.391. The lowest BCUT2D eigenvalue weighted by Crippen LogP contribution is -2.41. The van der Waals surface area contributed by atoms with E-state index in [1.165, 1.54) is 18.2 Å². The summed E-state index contributed by atoms with van der Waals surface area (Å²) in [4.78, 5) is 29.9. The molecule has 0 aromatic heterocycles. The van der Waals surface area contributed by atoms with E-state index in [9.17, 15) is 14.0 Å². The molecule has 2 atom stereocenters. The number of fused-ring (bicyclic) bond motifs is 5. The number of hydrogen-bond donors (Lipinski definition) is 1. The molecule has 0 radical (unpaired) electrons. The van der Waals surface area contributed by atoms with Crippen molar-refractivity contribution in [3.8, 4) is 11.5 Å². The molecule has 3 fully saturated rings. The molecule has 0 spiro atoms. The Morgan fingerprint density at radius 2 is 1.84 bits per heavy atom. The number of anilines is 1. The molecule has 162 valence electrons. The molecule has 8 heteroatoms. The van der Waals surface area contributed by atoms with Crippen LogP contribution in [0.4, 0.5) is 10.1 Å². The van der Waals surface area contributed by atoms with Gasteiger partial charge in [-0.15, -0.1) is 0 Å². The molecule has 2 bridgehead atoms. The van der Waals surface area contributed by atoms with Crippen LogP contribution in [0.5, 0.6) is 11.5 Å². The number of nitrogens with one attached hydrogen (secondary N) is 1. The average Bonchev–Trinajstić information content (AvgIpc) is 3.04. The second-order valence-electron chi connectivity index (χ2n) is 8.50. The summed E-state index contributed by atoms with van der Waals surface area (Å²) in [6.45, 7) is 2.41. The van der Waals surface area contributed by atoms with E-state index in [2.05, 4.69) is 17.3 Å². The summed E-state index contributed by atoms with van der Waals surface area (Å²) in [5.41, 5.74) is 0.833. The summed E-state index contributed by atoms with van der Waals surface area (Å²) in [5.74, 6) is 0.311. The fourth-order valence-corrected chi connectivity index (χ4v) is 4.69. The Morgan fingerprint density at radius 3 is 2.68 bits per heavy atom. The van der Waals surface area contributed by atoms with Crippen molar-refractivity contribution in [2.75, 3.05) is 38.8 Å². The first-order chi connectivity index (χ1) is 15.0. The van der Waals surface area contributed by atoms with Crippen molar-refractivity contribution in [1.82, 2.24) is 9.80 Å². The van der Waals surface area contributed by atoms with Crippen LogP contribution >= 0.6 is 0 Å². The van der Waals surface area contributed by atoms with Crippen molar-refractivity contribution in [1.29, 1.82) is 0 Å². The zero-order chi connectivity index (χ0) is 21.5. The van der Waals surface area contributed by atoms with Gasteiger partial charge in [-0.1, -0.05) is 0 Å². The average molecular weight is 425 g/mol. The summed E-state index contributed by atoms with van der Waals surface area (Å²) in [6.07, 6.45) is 2.18. The van der Waals surface area contributed by atoms with E-state index < -0.39 is 11.7 Å². The van der Waals surface area contributed by atoms with E-state index in [4.69, 9.17) is 9.47 Å². The van der Waals surface area contributed by atoms with Gasteiger partial charge in [-0.3, -0.25) is 9.59 Å². The van der Waals surface area contributed by atoms with Gasteiger partial charge in [0.15, 0.2) is 11.5 Å². The number of likely N-dealkylation sites (N-methyl/N-ethyl adjacent to an activating group) is 1. The van der Waals surface area contributed by atoms with Crippen LogP contribution in [0.3, 0.4) is 0 Å². The fourth-order valence-electron chi connectivity index (χ4n) is 4.69. The zero-order valence-corrected chi connectivity index (χ0v) is 17.3. The molecule has 6 rings (SSSR count). The first-order valence-corrected chi connectivity index (χ1v) is 10.5. The number of hydrogen-bond acceptors (Lipinski definition) is 5. The Labute approximate surface area is 179 Å². The first-order valence-electron chi connectivity index (χ1n) is 10.5. The van der Waals surface area contributed by atoms with E-state index >= 15 is 0 Å². The highest BCUT2D eigenvalue weighted by atomic mass is 19.1. The second kappa shape index (κ2) is 7.85. The molecule has 0 unspecified atom stereocenters. The van der Waals surface area contributed by atoms with Crippen LogP contribution in [-0.2, 0) is 0 Å². The van der Waals surface area contributed by atoms with Gasteiger partial charge in [0.1, 0.15) is 5.82 Å². The number of carbonyl (C=O) groups excluding carboxylic acids is 2. The number of carbonyl (C=O) groups is 2. The Bertz CT molecular complexity index is 1040. The lowest BCUT2D eigenvalue weighted by atomic mass is 9.96. The number of piperidine rings is 1. The summed E-state index contributed by atoms with van der Waals surface area (Å²) in [7, 11) is 2.09. The van der Waals surface area contributed by atoms with Crippen molar-refractivity contribution >= 4 is 17.5 Å². The molecule has 2 aromatic carbocycles. The molecule has 2 aromatic rings. The maximum atomic E-state index is 14.3. The molecular formula is C23H24FN3O4. The maximum absolute atomic E-state index is 14.3. The molecular weight excluding hydrogens is 401 g/mol. The summed E-state index contributed by atoms with van der Waals surface area (Å²) in [6, 6.07) is 9.15. The van der Waals surface area contributed by atoms with Gasteiger partial charge in [-0.05, 0) is 62.2 Å². The molecule has 4 aliphatic heterocycles. The van der Waals surface area contributed by atoms with Gasteiger partial charge < -0.3 is 24.6 Å². The third-order valence-electron chi connectivity index (χ3n) is 6.31. The third-order valence-corrected chi connectivity index (χ3v) is 6.31. The molecule has 31 heavy (non-hydrogen) atoms. The van der Waals surface area contributed by atoms with Crippen molar-refractivity contribution in [3.05, 3.63) is 53.3 Å². The monoisotopic (exact) mass is 425 g/mol. The second-order valence-corrected chi connectivity index (χ2v) is 8.50. The quantitative estimate of drug-likeness (QED) is 0.819. The minimum absolute atomic E-state index is 0.115. The standard InChI is InChI=1S/C23H24FN3O4/c1-26-10-14-2-4-19(26)12-27(11-14)23(29)16-6-17(24)9-18(7-16)25-22(28)15-3-5-20-21(8-15)31-13-30-20/h3,5-9,14,19H,2,4,10-13H2,1H3,(H,25,28)/t14-,19-/m0/s1. The number of halogens is 1. The number of ether oxygens (including phenoxy) is 2. The zero-order valence-electron chi connectivity index (χ0n) is 17.3. The van der Waals surface area contributed by atoms with Gasteiger partial charge >= 0.3 is 0 Å². The molecule has 0 aliphatic carbocycles. The smallest absolute Gasteiger partial charge is 0.255 e. The number of amides is 2.